The van der Waals surface area contributed by atoms with Crippen LogP contribution in [0.25, 0.3) is 0 Å². The number of ether oxygens (including phenoxy) is 5. The summed E-state index contributed by atoms with van der Waals surface area (Å²) in [6.07, 6.45) is -0.734. The van der Waals surface area contributed by atoms with E-state index in [1.165, 1.54) is 20.1 Å². The summed E-state index contributed by atoms with van der Waals surface area (Å²) in [5.74, 6) is -2.44. The maximum Gasteiger partial charge on any atom is 0.333 e. The fourth-order valence-corrected chi connectivity index (χ4v) is 8.65. The number of carbonyl (C=O) groups excluding carboxylic acids is 4. The zero-order valence-corrected chi connectivity index (χ0v) is 23.4. The van der Waals surface area contributed by atoms with E-state index in [4.69, 9.17) is 23.7 Å². The fraction of sp³-hybridized carbons (Fsp3) is 0.724. The molecular formula is C29H38O10. The first kappa shape index (κ1) is 27.8. The molecule has 39 heavy (non-hydrogen) atoms. The molecule has 0 aromatic rings. The van der Waals surface area contributed by atoms with Crippen LogP contribution in [0, 0.1) is 28.1 Å². The molecule has 0 radical (unpaired) electrons. The first-order chi connectivity index (χ1) is 18.1. The number of fused-ring (bicyclic) bond motifs is 3. The zero-order valence-electron chi connectivity index (χ0n) is 23.4. The third kappa shape index (κ3) is 3.74. The quantitative estimate of drug-likeness (QED) is 0.319. The second-order valence-electron chi connectivity index (χ2n) is 12.8. The zero-order chi connectivity index (χ0) is 28.7. The van der Waals surface area contributed by atoms with E-state index in [0.29, 0.717) is 19.3 Å². The maximum atomic E-state index is 13.1. The lowest BCUT2D eigenvalue weighted by atomic mass is 9.41. The third-order valence-electron chi connectivity index (χ3n) is 10.7. The van der Waals surface area contributed by atoms with Crippen LogP contribution < -0.4 is 0 Å². The van der Waals surface area contributed by atoms with E-state index < -0.39 is 64.4 Å². The minimum Gasteiger partial charge on any atom is -0.469 e. The maximum absolute atomic E-state index is 13.1. The van der Waals surface area contributed by atoms with Crippen LogP contribution in [0.5, 0.6) is 0 Å². The average molecular weight is 547 g/mol. The van der Waals surface area contributed by atoms with Gasteiger partial charge in [0.1, 0.15) is 17.8 Å². The number of cyclic esters (lactones) is 2. The molecule has 9 atom stereocenters. The Balaban J connectivity index is 1.63. The van der Waals surface area contributed by atoms with Gasteiger partial charge in [-0.1, -0.05) is 34.3 Å². The first-order valence-electron chi connectivity index (χ1n) is 13.5. The molecule has 10 heteroatoms. The van der Waals surface area contributed by atoms with Crippen molar-refractivity contribution in [3.8, 4) is 0 Å². The predicted molar refractivity (Wildman–Crippen MR) is 134 cm³/mol. The average Bonchev–Trinajstić information content (AvgIpc) is 3.17. The van der Waals surface area contributed by atoms with Gasteiger partial charge in [-0.3, -0.25) is 14.4 Å². The van der Waals surface area contributed by atoms with E-state index in [-0.39, 0.29) is 36.2 Å². The van der Waals surface area contributed by atoms with Gasteiger partial charge in [0.25, 0.3) is 0 Å². The van der Waals surface area contributed by atoms with E-state index >= 15 is 0 Å². The number of hydrogen-bond donors (Lipinski definition) is 1. The molecule has 5 rings (SSSR count). The van der Waals surface area contributed by atoms with Crippen LogP contribution in [-0.4, -0.2) is 66.3 Å². The summed E-state index contributed by atoms with van der Waals surface area (Å²) in [6.45, 7) is 13.9. The van der Waals surface area contributed by atoms with Gasteiger partial charge in [-0.05, 0) is 30.3 Å². The van der Waals surface area contributed by atoms with E-state index in [2.05, 4.69) is 13.5 Å². The summed E-state index contributed by atoms with van der Waals surface area (Å²) < 4.78 is 28.7. The van der Waals surface area contributed by atoms with Crippen molar-refractivity contribution in [1.82, 2.24) is 0 Å². The molecule has 2 saturated carbocycles. The van der Waals surface area contributed by atoms with E-state index in [9.17, 15) is 24.3 Å². The smallest absolute Gasteiger partial charge is 0.333 e. The monoisotopic (exact) mass is 546 g/mol. The highest BCUT2D eigenvalue weighted by Crippen LogP contribution is 2.71. The molecule has 3 heterocycles. The molecule has 0 unspecified atom stereocenters. The van der Waals surface area contributed by atoms with Gasteiger partial charge in [0.05, 0.1) is 19.6 Å². The second kappa shape index (κ2) is 8.89. The van der Waals surface area contributed by atoms with Gasteiger partial charge in [0, 0.05) is 47.7 Å². The number of methoxy groups -OCH3 is 1. The lowest BCUT2D eigenvalue weighted by Gasteiger charge is -2.71. The van der Waals surface area contributed by atoms with Crippen LogP contribution >= 0.6 is 0 Å². The van der Waals surface area contributed by atoms with E-state index in [0.717, 1.165) is 5.57 Å². The molecule has 1 N–H and O–H groups in total. The third-order valence-corrected chi connectivity index (χ3v) is 10.7. The van der Waals surface area contributed by atoms with Crippen LogP contribution in [-0.2, 0) is 42.9 Å². The number of aliphatic hydroxyl groups is 1. The highest BCUT2D eigenvalue weighted by molar-refractivity contribution is 5.86. The molecular weight excluding hydrogens is 508 g/mol. The summed E-state index contributed by atoms with van der Waals surface area (Å²) >= 11 is 0. The molecule has 2 bridgehead atoms. The van der Waals surface area contributed by atoms with Gasteiger partial charge in [0.15, 0.2) is 0 Å². The van der Waals surface area contributed by atoms with Gasteiger partial charge in [-0.15, -0.1) is 0 Å². The molecule has 10 nitrogen and oxygen atoms in total. The van der Waals surface area contributed by atoms with Crippen molar-refractivity contribution < 1.29 is 48.0 Å². The van der Waals surface area contributed by atoms with E-state index in [1.807, 2.05) is 20.8 Å². The minimum absolute atomic E-state index is 0.0800. The molecule has 5 aliphatic rings. The van der Waals surface area contributed by atoms with Crippen LogP contribution in [0.4, 0.5) is 0 Å². The summed E-state index contributed by atoms with van der Waals surface area (Å²) in [5.41, 5.74) is -2.27. The fourth-order valence-electron chi connectivity index (χ4n) is 8.65. The predicted octanol–water partition coefficient (Wildman–Crippen LogP) is 2.76. The van der Waals surface area contributed by atoms with Gasteiger partial charge in [0.2, 0.25) is 6.29 Å². The Morgan fingerprint density at radius 3 is 2.46 bits per heavy atom. The standard InChI is InChI=1S/C29H38O10/c1-14-17-8-9-27(5)24(16-10-22(32)38-25(16)34)37-23(33)13-29(14,27)39-20-12-19(36-15(2)30)26(3,4)18(28(17,20)6)11-21(31)35-7/h10,17-20,24-25,34H,1,8-9,11-13H2,2-7H3/t17-,18-,19-,20-,24-,25+,27-,28+,29-/m0/s1. The summed E-state index contributed by atoms with van der Waals surface area (Å²) in [5, 5.41) is 10.5. The molecule has 2 saturated heterocycles. The van der Waals surface area contributed by atoms with Crippen molar-refractivity contribution in [2.45, 2.75) is 96.9 Å². The van der Waals surface area contributed by atoms with Crippen molar-refractivity contribution in [3.05, 3.63) is 23.8 Å². The van der Waals surface area contributed by atoms with Gasteiger partial charge in [-0.2, -0.15) is 0 Å². The number of hydrogen-bond acceptors (Lipinski definition) is 10. The molecule has 0 aromatic heterocycles. The van der Waals surface area contributed by atoms with Crippen molar-refractivity contribution in [3.63, 3.8) is 0 Å². The summed E-state index contributed by atoms with van der Waals surface area (Å²) in [4.78, 5) is 50.0. The molecule has 2 aliphatic carbocycles. The summed E-state index contributed by atoms with van der Waals surface area (Å²) in [7, 11) is 1.35. The highest BCUT2D eigenvalue weighted by atomic mass is 16.6. The lowest BCUT2D eigenvalue weighted by Crippen LogP contribution is -2.74. The van der Waals surface area contributed by atoms with Crippen molar-refractivity contribution in [2.75, 3.05) is 7.11 Å². The topological polar surface area (TPSA) is 135 Å². The number of rotatable bonds is 4. The Morgan fingerprint density at radius 1 is 1.18 bits per heavy atom. The second-order valence-corrected chi connectivity index (χ2v) is 12.8. The Hall–Kier alpha value is -2.72. The number of aliphatic hydroxyl groups excluding tert-OH is 1. The Morgan fingerprint density at radius 2 is 1.87 bits per heavy atom. The van der Waals surface area contributed by atoms with Gasteiger partial charge < -0.3 is 28.8 Å². The molecule has 1 spiro atoms. The van der Waals surface area contributed by atoms with Crippen molar-refractivity contribution >= 4 is 23.9 Å². The Labute approximate surface area is 228 Å². The van der Waals surface area contributed by atoms with Crippen LogP contribution in [0.1, 0.15) is 66.7 Å². The van der Waals surface area contributed by atoms with Gasteiger partial charge >= 0.3 is 23.9 Å². The molecule has 0 aromatic carbocycles. The van der Waals surface area contributed by atoms with Crippen LogP contribution in [0.3, 0.4) is 0 Å². The molecule has 214 valence electrons. The lowest BCUT2D eigenvalue weighted by molar-refractivity contribution is -0.311. The number of carbonyl (C=O) groups is 4. The molecule has 4 fully saturated rings. The van der Waals surface area contributed by atoms with Crippen molar-refractivity contribution in [1.29, 1.82) is 0 Å². The highest BCUT2D eigenvalue weighted by Gasteiger charge is 2.74. The SMILES string of the molecule is C=C1[C@@H]2CC[C@@]3(C)[C@H](C4=CC(=O)O[C@H]4O)OC(=O)C[C@]13O[C@H]1C[C@H](OC(C)=O)C(C)(C)[C@H](CC(=O)OC)[C@]12C. The Kier molecular flexibility index (Phi) is 6.35. The Bertz CT molecular complexity index is 1170. The number of esters is 4. The minimum atomic E-state index is -1.52. The van der Waals surface area contributed by atoms with Crippen molar-refractivity contribution in [2.24, 2.45) is 28.1 Å². The largest absolute Gasteiger partial charge is 0.469 e. The molecule has 3 aliphatic heterocycles. The normalized spacial score (nSPS) is 44.3. The molecule has 0 amide bonds. The van der Waals surface area contributed by atoms with E-state index in [1.54, 1.807) is 0 Å². The van der Waals surface area contributed by atoms with Crippen LogP contribution in [0.2, 0.25) is 0 Å². The van der Waals surface area contributed by atoms with Crippen LogP contribution in [0.15, 0.2) is 23.8 Å². The van der Waals surface area contributed by atoms with Gasteiger partial charge in [-0.25, -0.2) is 4.79 Å². The summed E-state index contributed by atoms with van der Waals surface area (Å²) in [6, 6.07) is 0. The first-order valence-corrected chi connectivity index (χ1v) is 13.5.